The van der Waals surface area contributed by atoms with Gasteiger partial charge in [-0.05, 0) is 49.9 Å². The van der Waals surface area contributed by atoms with Crippen LogP contribution < -0.4 is 0 Å². The highest BCUT2D eigenvalue weighted by molar-refractivity contribution is 5.84. The topological polar surface area (TPSA) is 43.4 Å². The lowest BCUT2D eigenvalue weighted by Gasteiger charge is -2.55. The Kier molecular flexibility index (Phi) is 2.94. The summed E-state index contributed by atoms with van der Waals surface area (Å²) in [6.07, 6.45) is 8.26. The van der Waals surface area contributed by atoms with Crippen molar-refractivity contribution in [2.75, 3.05) is 0 Å². The van der Waals surface area contributed by atoms with Gasteiger partial charge in [0, 0.05) is 30.1 Å². The number of carbonyl (C=O) groups is 2. The Bertz CT molecular complexity index is 664. The van der Waals surface area contributed by atoms with E-state index in [9.17, 15) is 9.59 Å². The first kappa shape index (κ1) is 15.3. The van der Waals surface area contributed by atoms with Gasteiger partial charge in [0.25, 0.3) is 0 Å². The van der Waals surface area contributed by atoms with Gasteiger partial charge in [-0.2, -0.15) is 0 Å². The zero-order valence-corrected chi connectivity index (χ0v) is 15.0. The molecule has 0 aromatic heterocycles. The highest BCUT2D eigenvalue weighted by Crippen LogP contribution is 2.69. The van der Waals surface area contributed by atoms with Gasteiger partial charge in [-0.25, -0.2) is 0 Å². The number of Topliss-reactive ketones (excluding diaryl/α,β-unsaturated/α-hetero) is 2. The molecule has 3 heteroatoms. The molecule has 0 bridgehead atoms. The van der Waals surface area contributed by atoms with E-state index < -0.39 is 0 Å². The van der Waals surface area contributed by atoms with Crippen LogP contribution in [0.25, 0.3) is 0 Å². The van der Waals surface area contributed by atoms with Crippen LogP contribution in [-0.4, -0.2) is 23.8 Å². The van der Waals surface area contributed by atoms with Crippen molar-refractivity contribution >= 4 is 11.6 Å². The van der Waals surface area contributed by atoms with Crippen LogP contribution in [0.5, 0.6) is 0 Å². The fourth-order valence-corrected chi connectivity index (χ4v) is 7.79. The molecule has 0 aromatic carbocycles. The quantitative estimate of drug-likeness (QED) is 0.689. The minimum absolute atomic E-state index is 0.0666. The second-order valence-electron chi connectivity index (χ2n) is 9.58. The molecule has 1 aliphatic heterocycles. The van der Waals surface area contributed by atoms with Crippen LogP contribution in [0.3, 0.4) is 0 Å². The zero-order chi connectivity index (χ0) is 16.9. The minimum Gasteiger partial charge on any atom is -0.373 e. The van der Waals surface area contributed by atoms with Crippen molar-refractivity contribution in [3.63, 3.8) is 0 Å². The van der Waals surface area contributed by atoms with E-state index in [1.807, 2.05) is 0 Å². The normalized spacial score (nSPS) is 55.0. The Labute approximate surface area is 144 Å². The Morgan fingerprint density at radius 3 is 2.83 bits per heavy atom. The first-order chi connectivity index (χ1) is 11.4. The van der Waals surface area contributed by atoms with Crippen molar-refractivity contribution in [3.8, 4) is 0 Å². The molecule has 0 spiro atoms. The Hall–Kier alpha value is -0.960. The average Bonchev–Trinajstić information content (AvgIpc) is 2.98. The van der Waals surface area contributed by atoms with E-state index >= 15 is 0 Å². The number of rotatable bonds is 1. The number of hydrogen-bond donors (Lipinski definition) is 0. The van der Waals surface area contributed by atoms with Crippen LogP contribution in [0.2, 0.25) is 0 Å². The molecule has 8 atom stereocenters. The lowest BCUT2D eigenvalue weighted by Crippen LogP contribution is -2.54. The Morgan fingerprint density at radius 2 is 2.08 bits per heavy atom. The maximum atomic E-state index is 12.3. The molecule has 3 saturated carbocycles. The SMILES string of the molecule is CC(=O)[C@H]1CC[C@H]2[C@@H]3CC=C4CC(=O)C[C@H]5O[C@@H](C[C@]12C)[C@@H]3[C@]45C. The van der Waals surface area contributed by atoms with E-state index in [2.05, 4.69) is 19.9 Å². The highest BCUT2D eigenvalue weighted by Gasteiger charge is 2.68. The molecule has 130 valence electrons. The summed E-state index contributed by atoms with van der Waals surface area (Å²) in [7, 11) is 0. The van der Waals surface area contributed by atoms with Crippen molar-refractivity contribution in [2.24, 2.45) is 34.5 Å². The second-order valence-corrected chi connectivity index (χ2v) is 9.58. The second kappa shape index (κ2) is 4.60. The molecule has 5 aliphatic rings. The van der Waals surface area contributed by atoms with Crippen LogP contribution in [0.15, 0.2) is 11.6 Å². The third kappa shape index (κ3) is 1.63. The summed E-state index contributed by atoms with van der Waals surface area (Å²) < 4.78 is 6.55. The van der Waals surface area contributed by atoms with Gasteiger partial charge in [-0.1, -0.05) is 25.5 Å². The van der Waals surface area contributed by atoms with Gasteiger partial charge in [-0.3, -0.25) is 9.59 Å². The maximum Gasteiger partial charge on any atom is 0.139 e. The molecule has 0 amide bonds. The minimum atomic E-state index is 0.0666. The fourth-order valence-electron chi connectivity index (χ4n) is 7.79. The summed E-state index contributed by atoms with van der Waals surface area (Å²) >= 11 is 0. The Morgan fingerprint density at radius 1 is 1.29 bits per heavy atom. The van der Waals surface area contributed by atoms with Crippen molar-refractivity contribution in [2.45, 2.75) is 71.5 Å². The van der Waals surface area contributed by atoms with Crippen molar-refractivity contribution in [1.82, 2.24) is 0 Å². The van der Waals surface area contributed by atoms with Crippen LogP contribution in [0.1, 0.15) is 59.3 Å². The van der Waals surface area contributed by atoms with Crippen LogP contribution in [-0.2, 0) is 14.3 Å². The van der Waals surface area contributed by atoms with Crippen LogP contribution >= 0.6 is 0 Å². The number of carbonyl (C=O) groups excluding carboxylic acids is 2. The highest BCUT2D eigenvalue weighted by atomic mass is 16.5. The molecule has 24 heavy (non-hydrogen) atoms. The molecule has 0 aromatic rings. The molecule has 1 heterocycles. The zero-order valence-electron chi connectivity index (χ0n) is 15.0. The maximum absolute atomic E-state index is 12.3. The predicted molar refractivity (Wildman–Crippen MR) is 90.3 cm³/mol. The van der Waals surface area contributed by atoms with Gasteiger partial charge < -0.3 is 4.74 Å². The first-order valence-corrected chi connectivity index (χ1v) is 9.73. The van der Waals surface area contributed by atoms with Gasteiger partial charge in [0.1, 0.15) is 11.6 Å². The van der Waals surface area contributed by atoms with Gasteiger partial charge in [0.15, 0.2) is 0 Å². The number of hydrogen-bond acceptors (Lipinski definition) is 3. The first-order valence-electron chi connectivity index (χ1n) is 9.73. The van der Waals surface area contributed by atoms with Crippen molar-refractivity contribution in [1.29, 1.82) is 0 Å². The molecular weight excluding hydrogens is 300 g/mol. The average molecular weight is 328 g/mol. The lowest BCUT2D eigenvalue weighted by atomic mass is 9.47. The van der Waals surface area contributed by atoms with E-state index in [0.717, 1.165) is 19.3 Å². The molecule has 0 radical (unpaired) electrons. The summed E-state index contributed by atoms with van der Waals surface area (Å²) in [5, 5.41) is 0. The monoisotopic (exact) mass is 328 g/mol. The number of allylic oxidation sites excluding steroid dienone is 1. The molecule has 4 aliphatic carbocycles. The van der Waals surface area contributed by atoms with Crippen molar-refractivity contribution < 1.29 is 14.3 Å². The number of fused-ring (bicyclic) bond motifs is 2. The molecule has 3 nitrogen and oxygen atoms in total. The third-order valence-corrected chi connectivity index (χ3v) is 8.75. The number of ether oxygens (including phenoxy) is 1. The largest absolute Gasteiger partial charge is 0.373 e. The fraction of sp³-hybridized carbons (Fsp3) is 0.810. The molecule has 0 unspecified atom stereocenters. The summed E-state index contributed by atoms with van der Waals surface area (Å²) in [6.45, 7) is 6.50. The van der Waals surface area contributed by atoms with E-state index in [-0.39, 0.29) is 29.0 Å². The molecule has 1 saturated heterocycles. The van der Waals surface area contributed by atoms with Gasteiger partial charge in [0.05, 0.1) is 12.2 Å². The standard InChI is InChI=1S/C21H28O3/c1-11(22)15-6-7-16-14-5-4-12-8-13(23)9-18-21(12,3)19(14)17(24-18)10-20(15,16)2/h4,14-19H,5-10H2,1-3H3/t14-,15+,16-,17-,18+,19+,20+,21+/m0/s1. The molecule has 5 rings (SSSR count). The van der Waals surface area contributed by atoms with Crippen LogP contribution in [0, 0.1) is 34.5 Å². The molecule has 4 fully saturated rings. The van der Waals surface area contributed by atoms with Gasteiger partial charge in [0.2, 0.25) is 0 Å². The number of ketones is 2. The third-order valence-electron chi connectivity index (χ3n) is 8.75. The van der Waals surface area contributed by atoms with E-state index in [4.69, 9.17) is 4.74 Å². The van der Waals surface area contributed by atoms with E-state index in [1.54, 1.807) is 6.92 Å². The van der Waals surface area contributed by atoms with Gasteiger partial charge >= 0.3 is 0 Å². The van der Waals surface area contributed by atoms with Crippen LogP contribution in [0.4, 0.5) is 0 Å². The molecular formula is C21H28O3. The smallest absolute Gasteiger partial charge is 0.139 e. The lowest BCUT2D eigenvalue weighted by molar-refractivity contribution is -0.130. The van der Waals surface area contributed by atoms with E-state index in [0.29, 0.717) is 42.2 Å². The van der Waals surface area contributed by atoms with Gasteiger partial charge in [-0.15, -0.1) is 0 Å². The summed E-state index contributed by atoms with van der Waals surface area (Å²) in [4.78, 5) is 24.4. The summed E-state index contributed by atoms with van der Waals surface area (Å²) in [5.41, 5.74) is 1.52. The predicted octanol–water partition coefficient (Wildman–Crippen LogP) is 3.71. The Balaban J connectivity index is 1.60. The summed E-state index contributed by atoms with van der Waals surface area (Å²) in [5.74, 6) is 2.73. The van der Waals surface area contributed by atoms with Crippen molar-refractivity contribution in [3.05, 3.63) is 11.6 Å². The van der Waals surface area contributed by atoms with E-state index in [1.165, 1.54) is 12.0 Å². The summed E-state index contributed by atoms with van der Waals surface area (Å²) in [6, 6.07) is 0. The molecule has 0 N–H and O–H groups in total.